The van der Waals surface area contributed by atoms with Gasteiger partial charge in [-0.25, -0.2) is 0 Å². The molecule has 0 fully saturated rings. The molecule has 2 aromatic rings. The van der Waals surface area contributed by atoms with Gasteiger partial charge in [0.2, 0.25) is 0 Å². The molecule has 1 atom stereocenters. The SMILES string of the molecule is CCCCCC(NCCC)c1ccc(C)c2ccccc12. The second kappa shape index (κ2) is 8.19. The van der Waals surface area contributed by atoms with Crippen LogP contribution in [0.4, 0.5) is 0 Å². The molecule has 1 unspecified atom stereocenters. The van der Waals surface area contributed by atoms with Crippen molar-refractivity contribution in [3.8, 4) is 0 Å². The van der Waals surface area contributed by atoms with Gasteiger partial charge < -0.3 is 5.32 Å². The third kappa shape index (κ3) is 4.07. The van der Waals surface area contributed by atoms with Gasteiger partial charge in [0.1, 0.15) is 0 Å². The van der Waals surface area contributed by atoms with Gasteiger partial charge in [0.15, 0.2) is 0 Å². The van der Waals surface area contributed by atoms with Crippen molar-refractivity contribution in [3.05, 3.63) is 47.5 Å². The van der Waals surface area contributed by atoms with Crippen molar-refractivity contribution in [2.75, 3.05) is 6.54 Å². The molecular weight excluding hydrogens is 254 g/mol. The minimum absolute atomic E-state index is 0.488. The van der Waals surface area contributed by atoms with Gasteiger partial charge in [-0.05, 0) is 48.2 Å². The van der Waals surface area contributed by atoms with E-state index in [2.05, 4.69) is 62.5 Å². The molecule has 1 nitrogen and oxygen atoms in total. The van der Waals surface area contributed by atoms with E-state index in [1.54, 1.807) is 0 Å². The second-order valence-electron chi connectivity index (χ2n) is 6.02. The molecule has 21 heavy (non-hydrogen) atoms. The lowest BCUT2D eigenvalue weighted by molar-refractivity contribution is 0.477. The zero-order valence-electron chi connectivity index (χ0n) is 13.8. The standard InChI is InChI=1S/C20H29N/c1-4-6-7-12-20(21-15-5-2)19-14-13-16(3)17-10-8-9-11-18(17)19/h8-11,13-14,20-21H,4-7,12,15H2,1-3H3. The highest BCUT2D eigenvalue weighted by molar-refractivity contribution is 5.88. The van der Waals surface area contributed by atoms with Crippen LogP contribution in [-0.4, -0.2) is 6.54 Å². The number of benzene rings is 2. The van der Waals surface area contributed by atoms with Gasteiger partial charge in [-0.1, -0.05) is 69.5 Å². The Labute approximate surface area is 129 Å². The molecule has 2 aromatic carbocycles. The Morgan fingerprint density at radius 1 is 0.905 bits per heavy atom. The van der Waals surface area contributed by atoms with E-state index < -0.39 is 0 Å². The molecule has 0 heterocycles. The van der Waals surface area contributed by atoms with Gasteiger partial charge in [0.25, 0.3) is 0 Å². The first-order chi connectivity index (χ1) is 10.3. The molecule has 2 rings (SSSR count). The van der Waals surface area contributed by atoms with Gasteiger partial charge in [-0.2, -0.15) is 0 Å². The van der Waals surface area contributed by atoms with Gasteiger partial charge in [-0.3, -0.25) is 0 Å². The van der Waals surface area contributed by atoms with Gasteiger partial charge in [-0.15, -0.1) is 0 Å². The molecule has 0 radical (unpaired) electrons. The molecule has 0 saturated carbocycles. The van der Waals surface area contributed by atoms with Crippen molar-refractivity contribution in [2.24, 2.45) is 0 Å². The van der Waals surface area contributed by atoms with Crippen molar-refractivity contribution < 1.29 is 0 Å². The van der Waals surface area contributed by atoms with Crippen LogP contribution >= 0.6 is 0 Å². The summed E-state index contributed by atoms with van der Waals surface area (Å²) < 4.78 is 0. The number of fused-ring (bicyclic) bond motifs is 1. The molecule has 0 aliphatic rings. The van der Waals surface area contributed by atoms with Crippen molar-refractivity contribution in [1.29, 1.82) is 0 Å². The Bertz CT molecular complexity index is 559. The van der Waals surface area contributed by atoms with E-state index >= 15 is 0 Å². The average Bonchev–Trinajstić information content (AvgIpc) is 2.52. The van der Waals surface area contributed by atoms with E-state index in [4.69, 9.17) is 0 Å². The molecule has 0 saturated heterocycles. The summed E-state index contributed by atoms with van der Waals surface area (Å²) in [4.78, 5) is 0. The lowest BCUT2D eigenvalue weighted by Crippen LogP contribution is -2.22. The third-order valence-electron chi connectivity index (χ3n) is 4.29. The van der Waals surface area contributed by atoms with E-state index in [0.717, 1.165) is 6.54 Å². The predicted octanol–water partition coefficient (Wildman–Crippen LogP) is 5.77. The normalized spacial score (nSPS) is 12.7. The van der Waals surface area contributed by atoms with Crippen LogP contribution in [0.2, 0.25) is 0 Å². The lowest BCUT2D eigenvalue weighted by atomic mass is 9.93. The lowest BCUT2D eigenvalue weighted by Gasteiger charge is -2.21. The highest BCUT2D eigenvalue weighted by Crippen LogP contribution is 2.29. The number of aryl methyl sites for hydroxylation is 1. The maximum Gasteiger partial charge on any atom is 0.0326 e. The zero-order chi connectivity index (χ0) is 15.1. The minimum Gasteiger partial charge on any atom is -0.310 e. The van der Waals surface area contributed by atoms with E-state index in [9.17, 15) is 0 Å². The number of hydrogen-bond donors (Lipinski definition) is 1. The molecule has 0 amide bonds. The fourth-order valence-corrected chi connectivity index (χ4v) is 3.06. The van der Waals surface area contributed by atoms with Crippen LogP contribution in [0.5, 0.6) is 0 Å². The van der Waals surface area contributed by atoms with E-state index in [1.807, 2.05) is 0 Å². The smallest absolute Gasteiger partial charge is 0.0326 e. The summed E-state index contributed by atoms with van der Waals surface area (Å²) >= 11 is 0. The van der Waals surface area contributed by atoms with Crippen LogP contribution in [-0.2, 0) is 0 Å². The third-order valence-corrected chi connectivity index (χ3v) is 4.29. The maximum absolute atomic E-state index is 3.76. The van der Waals surface area contributed by atoms with Crippen LogP contribution in [0.1, 0.15) is 63.1 Å². The summed E-state index contributed by atoms with van der Waals surface area (Å²) in [7, 11) is 0. The Morgan fingerprint density at radius 3 is 2.38 bits per heavy atom. The molecule has 0 aliphatic carbocycles. The summed E-state index contributed by atoms with van der Waals surface area (Å²) in [6, 6.07) is 13.9. The van der Waals surface area contributed by atoms with Crippen LogP contribution in [0.25, 0.3) is 10.8 Å². The van der Waals surface area contributed by atoms with Crippen LogP contribution in [0.15, 0.2) is 36.4 Å². The molecule has 0 spiro atoms. The van der Waals surface area contributed by atoms with E-state index in [1.165, 1.54) is 54.0 Å². The number of nitrogens with one attached hydrogen (secondary N) is 1. The first-order valence-electron chi connectivity index (χ1n) is 8.49. The summed E-state index contributed by atoms with van der Waals surface area (Å²) in [6.07, 6.45) is 6.35. The highest BCUT2D eigenvalue weighted by atomic mass is 14.9. The van der Waals surface area contributed by atoms with Crippen molar-refractivity contribution in [1.82, 2.24) is 5.32 Å². The predicted molar refractivity (Wildman–Crippen MR) is 93.9 cm³/mol. The van der Waals surface area contributed by atoms with Gasteiger partial charge in [0.05, 0.1) is 0 Å². The molecule has 0 aromatic heterocycles. The first-order valence-corrected chi connectivity index (χ1v) is 8.49. The van der Waals surface area contributed by atoms with E-state index in [0.29, 0.717) is 6.04 Å². The summed E-state index contributed by atoms with van der Waals surface area (Å²) in [6.45, 7) is 7.82. The van der Waals surface area contributed by atoms with Crippen LogP contribution < -0.4 is 5.32 Å². The number of rotatable bonds is 8. The largest absolute Gasteiger partial charge is 0.310 e. The molecular formula is C20H29N. The number of unbranched alkanes of at least 4 members (excludes halogenated alkanes) is 2. The van der Waals surface area contributed by atoms with Crippen molar-refractivity contribution >= 4 is 10.8 Å². The zero-order valence-corrected chi connectivity index (χ0v) is 13.8. The summed E-state index contributed by atoms with van der Waals surface area (Å²) in [5.41, 5.74) is 2.85. The Morgan fingerprint density at radius 2 is 1.67 bits per heavy atom. The van der Waals surface area contributed by atoms with E-state index in [-0.39, 0.29) is 0 Å². The van der Waals surface area contributed by atoms with Gasteiger partial charge >= 0.3 is 0 Å². The minimum atomic E-state index is 0.488. The molecule has 1 heteroatoms. The second-order valence-corrected chi connectivity index (χ2v) is 6.02. The Kier molecular flexibility index (Phi) is 6.25. The Hall–Kier alpha value is -1.34. The quantitative estimate of drug-likeness (QED) is 0.606. The maximum atomic E-state index is 3.76. The van der Waals surface area contributed by atoms with Crippen molar-refractivity contribution in [3.63, 3.8) is 0 Å². The fraction of sp³-hybridized carbons (Fsp3) is 0.500. The van der Waals surface area contributed by atoms with Crippen LogP contribution in [0.3, 0.4) is 0 Å². The van der Waals surface area contributed by atoms with Crippen molar-refractivity contribution in [2.45, 2.75) is 58.9 Å². The average molecular weight is 283 g/mol. The summed E-state index contributed by atoms with van der Waals surface area (Å²) in [5, 5.41) is 6.57. The summed E-state index contributed by atoms with van der Waals surface area (Å²) in [5.74, 6) is 0. The monoisotopic (exact) mass is 283 g/mol. The molecule has 0 aliphatic heterocycles. The first kappa shape index (κ1) is 16.0. The topological polar surface area (TPSA) is 12.0 Å². The number of hydrogen-bond acceptors (Lipinski definition) is 1. The van der Waals surface area contributed by atoms with Gasteiger partial charge in [0, 0.05) is 6.04 Å². The molecule has 1 N–H and O–H groups in total. The fourth-order valence-electron chi connectivity index (χ4n) is 3.06. The van der Waals surface area contributed by atoms with Crippen LogP contribution in [0, 0.1) is 6.92 Å². The molecule has 114 valence electrons. The molecule has 0 bridgehead atoms. The Balaban J connectivity index is 2.32. The highest BCUT2D eigenvalue weighted by Gasteiger charge is 2.14.